The molecule has 2 saturated heterocycles. The summed E-state index contributed by atoms with van der Waals surface area (Å²) in [5, 5.41) is 15.4. The fourth-order valence-electron chi connectivity index (χ4n) is 14.0. The van der Waals surface area contributed by atoms with Crippen LogP contribution in [-0.4, -0.2) is 257 Å². The Bertz CT molecular complexity index is 2790. The zero-order chi connectivity index (χ0) is 69.9. The standard InChI is InChI=1S/C69H112N12O13/c1-14-47(6)59(66(92)74(8)42-56(83)73(7)43-57(84)77(11)53(40-49-29-20-16-21-30-49)64(90)75(9)44-58(85)86)71-61(87)52(39-45(2)3)76(10)55(82)41-54(65(91)80-36-24-17-25-37-80)78(12)67(93)60(46(4)5)79(13)68(94)69(34-22-23-35-69)72-62(88)51-31-26-38-81(51)63(89)50(70)33-32-48-27-18-15-19-28-48/h15,18-19,27-28,45-47,49-54,59-60H,14,16-17,20-26,29-44,70H2,1-13H3,(H,71,87)(H,72,88)(H,85,86)/t47-,50-,51-,52-,53-,54-,59-,60-/m0/s1. The van der Waals surface area contributed by atoms with Gasteiger partial charge in [0.25, 0.3) is 0 Å². The molecule has 0 bridgehead atoms. The van der Waals surface area contributed by atoms with Gasteiger partial charge < -0.3 is 65.6 Å². The second kappa shape index (κ2) is 36.1. The van der Waals surface area contributed by atoms with Crippen LogP contribution < -0.4 is 16.4 Å². The van der Waals surface area contributed by atoms with Crippen LogP contribution in [0.1, 0.15) is 169 Å². The number of carboxylic acids is 1. The number of carbonyl (C=O) groups is 12. The van der Waals surface area contributed by atoms with Crippen molar-refractivity contribution < 1.29 is 62.6 Å². The van der Waals surface area contributed by atoms with E-state index in [-0.39, 0.29) is 24.2 Å². The van der Waals surface area contributed by atoms with Crippen LogP contribution in [0.3, 0.4) is 0 Å². The number of likely N-dealkylation sites (N-methyl/N-ethyl adjacent to an activating group) is 7. The molecular weight excluding hydrogens is 1200 g/mol. The summed E-state index contributed by atoms with van der Waals surface area (Å²) in [5.41, 5.74) is 6.10. The minimum absolute atomic E-state index is 0.136. The monoisotopic (exact) mass is 1320 g/mol. The number of hydrogen-bond acceptors (Lipinski definition) is 13. The highest BCUT2D eigenvalue weighted by Crippen LogP contribution is 2.35. The van der Waals surface area contributed by atoms with E-state index in [2.05, 4.69) is 10.6 Å². The van der Waals surface area contributed by atoms with E-state index in [1.54, 1.807) is 25.7 Å². The number of nitrogens with two attached hydrogens (primary N) is 1. The van der Waals surface area contributed by atoms with Crippen molar-refractivity contribution in [3.05, 3.63) is 35.9 Å². The van der Waals surface area contributed by atoms with Crippen LogP contribution in [0.2, 0.25) is 0 Å². The van der Waals surface area contributed by atoms with Gasteiger partial charge in [-0.1, -0.05) is 123 Å². The summed E-state index contributed by atoms with van der Waals surface area (Å²) in [7, 11) is 10.0. The lowest BCUT2D eigenvalue weighted by atomic mass is 9.84. The summed E-state index contributed by atoms with van der Waals surface area (Å²) < 4.78 is 0. The average molecular weight is 1320 g/mol. The molecule has 2 aliphatic carbocycles. The fraction of sp³-hybridized carbons (Fsp3) is 0.739. The number of carbonyl (C=O) groups excluding carboxylic acids is 11. The van der Waals surface area contributed by atoms with Crippen molar-refractivity contribution in [2.45, 2.75) is 218 Å². The van der Waals surface area contributed by atoms with E-state index in [0.717, 1.165) is 58.8 Å². The van der Waals surface area contributed by atoms with Gasteiger partial charge in [0.05, 0.1) is 25.6 Å². The van der Waals surface area contributed by atoms with Crippen molar-refractivity contribution >= 4 is 70.9 Å². The molecule has 2 heterocycles. The Morgan fingerprint density at radius 1 is 0.617 bits per heavy atom. The van der Waals surface area contributed by atoms with Gasteiger partial charge in [0.15, 0.2) is 0 Å². The zero-order valence-corrected chi connectivity index (χ0v) is 58.6. The molecule has 526 valence electrons. The van der Waals surface area contributed by atoms with E-state index in [0.29, 0.717) is 96.7 Å². The predicted molar refractivity (Wildman–Crippen MR) is 356 cm³/mol. The molecule has 0 radical (unpaired) electrons. The number of aryl methyl sites for hydroxylation is 1. The minimum Gasteiger partial charge on any atom is -0.480 e. The molecule has 1 aromatic rings. The van der Waals surface area contributed by atoms with Crippen LogP contribution in [0.5, 0.6) is 0 Å². The smallest absolute Gasteiger partial charge is 0.323 e. The van der Waals surface area contributed by atoms with Gasteiger partial charge in [-0.2, -0.15) is 0 Å². The Hall–Kier alpha value is -7.18. The number of nitrogens with one attached hydrogen (secondary N) is 2. The van der Waals surface area contributed by atoms with Crippen molar-refractivity contribution in [3.8, 4) is 0 Å². The maximum absolute atomic E-state index is 15.3. The van der Waals surface area contributed by atoms with Crippen molar-refractivity contribution in [1.29, 1.82) is 0 Å². The average Bonchev–Trinajstić information content (AvgIpc) is 1.44. The molecule has 2 aliphatic heterocycles. The van der Waals surface area contributed by atoms with Crippen LogP contribution in [0.15, 0.2) is 30.3 Å². The van der Waals surface area contributed by atoms with Crippen molar-refractivity contribution in [3.63, 3.8) is 0 Å². The number of piperidine rings is 1. The molecule has 5 N–H and O–H groups in total. The number of nitrogens with zero attached hydrogens (tertiary/aromatic N) is 9. The molecule has 4 aliphatic rings. The lowest BCUT2D eigenvalue weighted by Gasteiger charge is -2.42. The van der Waals surface area contributed by atoms with E-state index in [4.69, 9.17) is 5.73 Å². The molecule has 0 unspecified atom stereocenters. The van der Waals surface area contributed by atoms with Crippen LogP contribution in [-0.2, 0) is 64.0 Å². The first kappa shape index (κ1) is 77.5. The summed E-state index contributed by atoms with van der Waals surface area (Å²) in [6, 6.07) is 2.18. The summed E-state index contributed by atoms with van der Waals surface area (Å²) in [4.78, 5) is 182. The normalized spacial score (nSPS) is 18.7. The molecule has 5 rings (SSSR count). The van der Waals surface area contributed by atoms with E-state index in [9.17, 15) is 53.1 Å². The first-order valence-electron chi connectivity index (χ1n) is 34.4. The number of amides is 11. The van der Waals surface area contributed by atoms with E-state index in [1.165, 1.54) is 73.8 Å². The first-order chi connectivity index (χ1) is 44.3. The maximum atomic E-state index is 15.3. The maximum Gasteiger partial charge on any atom is 0.323 e. The topological polar surface area (TPSA) is 304 Å². The van der Waals surface area contributed by atoms with Crippen molar-refractivity contribution in [1.82, 2.24) is 54.7 Å². The SMILES string of the molecule is CC[C@H](C)[C@H](NC(=O)[C@H](CC(C)C)N(C)C(=O)C[C@@H](C(=O)N1CCCCC1)N(C)C(=O)[C@H](C(C)C)N(C)C(=O)C1(NC(=O)[C@@H]2CCCN2C(=O)[C@@H](N)CCc2ccccc2)CCCC1)C(=O)N(C)CC(=O)N(C)CC(=O)N(C)[C@@H](CC1CCCCC1)C(=O)N(C)CC(=O)O. The molecule has 0 spiro atoms. The summed E-state index contributed by atoms with van der Waals surface area (Å²) in [5.74, 6) is -8.16. The molecular formula is C69H112N12O13. The molecule has 2 saturated carbocycles. The Kier molecular flexibility index (Phi) is 29.8. The molecule has 0 aromatic heterocycles. The van der Waals surface area contributed by atoms with Crippen LogP contribution in [0.25, 0.3) is 0 Å². The third-order valence-electron chi connectivity index (χ3n) is 20.1. The molecule has 25 heteroatoms. The summed E-state index contributed by atoms with van der Waals surface area (Å²) >= 11 is 0. The van der Waals surface area contributed by atoms with Gasteiger partial charge in [-0.25, -0.2) is 0 Å². The van der Waals surface area contributed by atoms with Gasteiger partial charge in [0, 0.05) is 69.0 Å². The molecule has 1 aromatic carbocycles. The third-order valence-corrected chi connectivity index (χ3v) is 20.1. The number of rotatable bonds is 32. The predicted octanol–water partition coefficient (Wildman–Crippen LogP) is 3.74. The Morgan fingerprint density at radius 3 is 1.79 bits per heavy atom. The highest BCUT2D eigenvalue weighted by molar-refractivity contribution is 6.00. The number of likely N-dealkylation sites (tertiary alicyclic amines) is 2. The van der Waals surface area contributed by atoms with E-state index >= 15 is 9.59 Å². The van der Waals surface area contributed by atoms with Crippen LogP contribution in [0, 0.1) is 23.7 Å². The Labute approximate surface area is 557 Å². The quantitative estimate of drug-likeness (QED) is 0.0800. The number of carboxylic acid groups (broad SMARTS) is 1. The molecule has 25 nitrogen and oxygen atoms in total. The summed E-state index contributed by atoms with van der Waals surface area (Å²) in [6.45, 7) is 10.6. The molecule has 11 amide bonds. The van der Waals surface area contributed by atoms with Gasteiger partial charge in [-0.15, -0.1) is 0 Å². The minimum atomic E-state index is -1.39. The number of aliphatic carboxylic acids is 1. The van der Waals surface area contributed by atoms with Gasteiger partial charge in [-0.3, -0.25) is 57.5 Å². The Balaban J connectivity index is 1.31. The molecule has 4 fully saturated rings. The van der Waals surface area contributed by atoms with Crippen molar-refractivity contribution in [2.24, 2.45) is 29.4 Å². The highest BCUT2D eigenvalue weighted by atomic mass is 16.4. The molecule has 94 heavy (non-hydrogen) atoms. The van der Waals surface area contributed by atoms with Gasteiger partial charge in [-0.05, 0) is 99.9 Å². The Morgan fingerprint density at radius 2 is 1.20 bits per heavy atom. The van der Waals surface area contributed by atoms with Crippen LogP contribution in [0.4, 0.5) is 0 Å². The van der Waals surface area contributed by atoms with Crippen LogP contribution >= 0.6 is 0 Å². The lowest BCUT2D eigenvalue weighted by Crippen LogP contribution is -2.65. The fourth-order valence-corrected chi connectivity index (χ4v) is 14.0. The largest absolute Gasteiger partial charge is 0.480 e. The van der Waals surface area contributed by atoms with Gasteiger partial charge in [0.2, 0.25) is 65.0 Å². The first-order valence-corrected chi connectivity index (χ1v) is 34.4. The number of benzene rings is 1. The van der Waals surface area contributed by atoms with Crippen molar-refractivity contribution in [2.75, 3.05) is 88.6 Å². The lowest BCUT2D eigenvalue weighted by molar-refractivity contribution is -0.156. The highest BCUT2D eigenvalue weighted by Gasteiger charge is 2.50. The van der Waals surface area contributed by atoms with Gasteiger partial charge >= 0.3 is 5.97 Å². The van der Waals surface area contributed by atoms with E-state index < -0.39 is 151 Å². The number of hydrogen-bond donors (Lipinski definition) is 4. The summed E-state index contributed by atoms with van der Waals surface area (Å²) in [6.07, 6.45) is 11.3. The van der Waals surface area contributed by atoms with Gasteiger partial charge in [0.1, 0.15) is 48.3 Å². The molecule has 8 atom stereocenters. The van der Waals surface area contributed by atoms with E-state index in [1.807, 2.05) is 51.1 Å². The second-order valence-electron chi connectivity index (χ2n) is 28.1. The zero-order valence-electron chi connectivity index (χ0n) is 58.6. The third kappa shape index (κ3) is 20.7. The second-order valence-corrected chi connectivity index (χ2v) is 28.1.